The lowest BCUT2D eigenvalue weighted by atomic mass is 10.0. The van der Waals surface area contributed by atoms with Gasteiger partial charge in [0.05, 0.1) is 7.11 Å². The van der Waals surface area contributed by atoms with Crippen molar-refractivity contribution in [1.82, 2.24) is 10.2 Å². The van der Waals surface area contributed by atoms with Crippen LogP contribution in [-0.4, -0.2) is 36.5 Å². The number of benzene rings is 1. The van der Waals surface area contributed by atoms with Gasteiger partial charge in [-0.05, 0) is 30.7 Å². The predicted molar refractivity (Wildman–Crippen MR) is 93.0 cm³/mol. The Morgan fingerprint density at radius 3 is 2.62 bits per heavy atom. The molecule has 2 rings (SSSR count). The first-order valence-corrected chi connectivity index (χ1v) is 8.42. The Morgan fingerprint density at radius 1 is 1.29 bits per heavy atom. The highest BCUT2D eigenvalue weighted by molar-refractivity contribution is 5.96. The van der Waals surface area contributed by atoms with Crippen molar-refractivity contribution in [1.29, 1.82) is 0 Å². The minimum atomic E-state index is -0.514. The van der Waals surface area contributed by atoms with Crippen molar-refractivity contribution >= 4 is 11.9 Å². The number of amides is 1. The summed E-state index contributed by atoms with van der Waals surface area (Å²) in [4.78, 5) is 26.2. The van der Waals surface area contributed by atoms with Crippen LogP contribution in [0.3, 0.4) is 0 Å². The van der Waals surface area contributed by atoms with Crippen molar-refractivity contribution in [3.8, 4) is 0 Å². The number of nitrogens with one attached hydrogen (secondary N) is 1. The molecule has 0 aromatic heterocycles. The molecule has 1 aromatic carbocycles. The van der Waals surface area contributed by atoms with E-state index in [0.717, 1.165) is 19.4 Å². The molecule has 1 heterocycles. The van der Waals surface area contributed by atoms with Gasteiger partial charge in [-0.15, -0.1) is 0 Å². The summed E-state index contributed by atoms with van der Waals surface area (Å²) in [6.45, 7) is 5.03. The van der Waals surface area contributed by atoms with E-state index in [1.54, 1.807) is 6.20 Å². The first-order valence-electron chi connectivity index (χ1n) is 8.42. The van der Waals surface area contributed by atoms with Crippen LogP contribution in [0.25, 0.3) is 0 Å². The number of esters is 1. The molecule has 0 saturated heterocycles. The molecular formula is C19H26N2O3. The van der Waals surface area contributed by atoms with Crippen molar-refractivity contribution < 1.29 is 14.3 Å². The third-order valence-electron chi connectivity index (χ3n) is 4.18. The lowest BCUT2D eigenvalue weighted by Gasteiger charge is -2.34. The van der Waals surface area contributed by atoms with Crippen LogP contribution in [0.1, 0.15) is 32.3 Å². The Kier molecular flexibility index (Phi) is 6.41. The summed E-state index contributed by atoms with van der Waals surface area (Å²) < 4.78 is 4.73. The smallest absolute Gasteiger partial charge is 0.356 e. The average Bonchev–Trinajstić information content (AvgIpc) is 2.58. The van der Waals surface area contributed by atoms with Gasteiger partial charge in [0, 0.05) is 12.7 Å². The van der Waals surface area contributed by atoms with Gasteiger partial charge in [0.25, 0.3) is 0 Å². The minimum Gasteiger partial charge on any atom is -0.464 e. The van der Waals surface area contributed by atoms with E-state index in [4.69, 9.17) is 4.74 Å². The molecule has 1 aromatic rings. The van der Waals surface area contributed by atoms with E-state index in [1.165, 1.54) is 12.7 Å². The SMILES string of the molecule is COC(=O)C1=CN(CCC(C)C)C(CCc2ccccc2)C(=O)N1. The Labute approximate surface area is 143 Å². The Bertz CT molecular complexity index is 596. The molecule has 1 atom stereocenters. The van der Waals surface area contributed by atoms with Crippen molar-refractivity contribution in [3.05, 3.63) is 47.8 Å². The molecule has 0 radical (unpaired) electrons. The molecule has 0 spiro atoms. The van der Waals surface area contributed by atoms with Crippen LogP contribution in [0, 0.1) is 5.92 Å². The molecule has 0 aliphatic carbocycles. The minimum absolute atomic E-state index is 0.141. The van der Waals surface area contributed by atoms with Crippen LogP contribution in [0.2, 0.25) is 0 Å². The van der Waals surface area contributed by atoms with Crippen LogP contribution in [0.15, 0.2) is 42.2 Å². The van der Waals surface area contributed by atoms with Gasteiger partial charge in [-0.25, -0.2) is 4.79 Å². The lowest BCUT2D eigenvalue weighted by Crippen LogP contribution is -2.50. The largest absolute Gasteiger partial charge is 0.464 e. The number of carbonyl (C=O) groups is 2. The molecule has 1 N–H and O–H groups in total. The fourth-order valence-corrected chi connectivity index (χ4v) is 2.74. The maximum Gasteiger partial charge on any atom is 0.356 e. The number of hydrogen-bond acceptors (Lipinski definition) is 4. The maximum atomic E-state index is 12.5. The highest BCUT2D eigenvalue weighted by atomic mass is 16.5. The summed E-state index contributed by atoms with van der Waals surface area (Å²) in [7, 11) is 1.31. The monoisotopic (exact) mass is 330 g/mol. The van der Waals surface area contributed by atoms with Crippen LogP contribution in [0.4, 0.5) is 0 Å². The quantitative estimate of drug-likeness (QED) is 0.780. The molecule has 1 aliphatic rings. The zero-order chi connectivity index (χ0) is 17.5. The first kappa shape index (κ1) is 18.0. The Hall–Kier alpha value is -2.30. The fraction of sp³-hybridized carbons (Fsp3) is 0.474. The van der Waals surface area contributed by atoms with Gasteiger partial charge in [0.15, 0.2) is 0 Å². The van der Waals surface area contributed by atoms with Crippen molar-refractivity contribution in [2.75, 3.05) is 13.7 Å². The highest BCUT2D eigenvalue weighted by Gasteiger charge is 2.31. The van der Waals surface area contributed by atoms with Gasteiger partial charge >= 0.3 is 5.97 Å². The third-order valence-corrected chi connectivity index (χ3v) is 4.18. The number of ether oxygens (including phenoxy) is 1. The number of carbonyl (C=O) groups excluding carboxylic acids is 2. The standard InChI is InChI=1S/C19H26N2O3/c1-14(2)11-12-21-13-16(19(23)24-3)20-18(22)17(21)10-9-15-7-5-4-6-8-15/h4-8,13-14,17H,9-12H2,1-3H3,(H,20,22). The molecule has 130 valence electrons. The van der Waals surface area contributed by atoms with E-state index in [-0.39, 0.29) is 17.6 Å². The number of methoxy groups -OCH3 is 1. The topological polar surface area (TPSA) is 58.6 Å². The average molecular weight is 330 g/mol. The predicted octanol–water partition coefficient (Wildman–Crippen LogP) is 2.48. The van der Waals surface area contributed by atoms with Crippen LogP contribution in [-0.2, 0) is 20.7 Å². The van der Waals surface area contributed by atoms with Crippen LogP contribution < -0.4 is 5.32 Å². The number of hydrogen-bond donors (Lipinski definition) is 1. The molecule has 0 bridgehead atoms. The van der Waals surface area contributed by atoms with E-state index in [0.29, 0.717) is 12.3 Å². The van der Waals surface area contributed by atoms with Crippen molar-refractivity contribution in [2.24, 2.45) is 5.92 Å². The van der Waals surface area contributed by atoms with Crippen LogP contribution in [0.5, 0.6) is 0 Å². The van der Waals surface area contributed by atoms with Crippen molar-refractivity contribution in [2.45, 2.75) is 39.2 Å². The molecule has 1 unspecified atom stereocenters. The van der Waals surface area contributed by atoms with Crippen LogP contribution >= 0.6 is 0 Å². The second kappa shape index (κ2) is 8.52. The number of rotatable bonds is 7. The second-order valence-corrected chi connectivity index (χ2v) is 6.48. The molecule has 1 amide bonds. The summed E-state index contributed by atoms with van der Waals surface area (Å²) in [5, 5.41) is 2.68. The molecule has 0 fully saturated rings. The van der Waals surface area contributed by atoms with Crippen molar-refractivity contribution in [3.63, 3.8) is 0 Å². The molecule has 24 heavy (non-hydrogen) atoms. The summed E-state index contributed by atoms with van der Waals surface area (Å²) >= 11 is 0. The van der Waals surface area contributed by atoms with Gasteiger partial charge in [0.2, 0.25) is 5.91 Å². The highest BCUT2D eigenvalue weighted by Crippen LogP contribution is 2.18. The van der Waals surface area contributed by atoms with E-state index in [2.05, 4.69) is 31.3 Å². The summed E-state index contributed by atoms with van der Waals surface area (Å²) in [6.07, 6.45) is 4.21. The Morgan fingerprint density at radius 2 is 2.00 bits per heavy atom. The molecular weight excluding hydrogens is 304 g/mol. The second-order valence-electron chi connectivity index (χ2n) is 6.48. The molecule has 1 aliphatic heterocycles. The summed E-state index contributed by atoms with van der Waals surface area (Å²) in [5.41, 5.74) is 1.42. The van der Waals surface area contributed by atoms with Gasteiger partial charge < -0.3 is 15.0 Å². The van der Waals surface area contributed by atoms with Gasteiger partial charge in [0.1, 0.15) is 11.7 Å². The van der Waals surface area contributed by atoms with E-state index in [9.17, 15) is 9.59 Å². The zero-order valence-electron chi connectivity index (χ0n) is 14.6. The van der Waals surface area contributed by atoms with E-state index >= 15 is 0 Å². The lowest BCUT2D eigenvalue weighted by molar-refractivity contribution is -0.139. The normalized spacial score (nSPS) is 17.5. The summed E-state index contributed by atoms with van der Waals surface area (Å²) in [6, 6.07) is 9.85. The Balaban J connectivity index is 2.11. The van der Waals surface area contributed by atoms with E-state index in [1.807, 2.05) is 23.1 Å². The molecule has 0 saturated carbocycles. The summed E-state index contributed by atoms with van der Waals surface area (Å²) in [5.74, 6) is -0.128. The van der Waals surface area contributed by atoms with Gasteiger partial charge in [-0.2, -0.15) is 0 Å². The molecule has 5 heteroatoms. The third kappa shape index (κ3) is 4.85. The fourth-order valence-electron chi connectivity index (χ4n) is 2.74. The molecule has 5 nitrogen and oxygen atoms in total. The number of aryl methyl sites for hydroxylation is 1. The van der Waals surface area contributed by atoms with E-state index < -0.39 is 5.97 Å². The zero-order valence-corrected chi connectivity index (χ0v) is 14.6. The first-order chi connectivity index (χ1) is 11.5. The van der Waals surface area contributed by atoms with Gasteiger partial charge in [-0.3, -0.25) is 4.79 Å². The number of nitrogens with zero attached hydrogens (tertiary/aromatic N) is 1. The van der Waals surface area contributed by atoms with Gasteiger partial charge in [-0.1, -0.05) is 44.2 Å². The maximum absolute atomic E-state index is 12.5.